The molecule has 72 valence electrons. The van der Waals surface area contributed by atoms with Crippen molar-refractivity contribution in [3.05, 3.63) is 18.7 Å². The van der Waals surface area contributed by atoms with Gasteiger partial charge in [0, 0.05) is 23.6 Å². The van der Waals surface area contributed by atoms with E-state index >= 15 is 0 Å². The number of hydrogen-bond acceptors (Lipinski definition) is 3. The van der Waals surface area contributed by atoms with Gasteiger partial charge in [0.15, 0.2) is 5.78 Å². The lowest BCUT2D eigenvalue weighted by atomic mass is 10.2. The van der Waals surface area contributed by atoms with Gasteiger partial charge in [0.2, 0.25) is 0 Å². The van der Waals surface area contributed by atoms with E-state index in [1.165, 1.54) is 11.3 Å². The van der Waals surface area contributed by atoms with Crippen molar-refractivity contribution in [3.63, 3.8) is 0 Å². The van der Waals surface area contributed by atoms with Crippen LogP contribution in [0.15, 0.2) is 7.57 Å². The topological polar surface area (TPSA) is 43.1 Å². The third-order valence-corrected chi connectivity index (χ3v) is 4.49. The van der Waals surface area contributed by atoms with Crippen molar-refractivity contribution in [1.82, 2.24) is 0 Å². The van der Waals surface area contributed by atoms with E-state index in [1.54, 1.807) is 0 Å². The van der Waals surface area contributed by atoms with Crippen LogP contribution >= 0.6 is 55.6 Å². The highest BCUT2D eigenvalue weighted by Crippen LogP contribution is 2.45. The average molecular weight is 347 g/mol. The number of carbonyl (C=O) groups excluding carboxylic acids is 1. The number of thiophene rings is 1. The maximum Gasteiger partial charge on any atom is 0.167 e. The second-order valence-corrected chi connectivity index (χ2v) is 6.33. The van der Waals surface area contributed by atoms with E-state index in [1.807, 2.05) is 0 Å². The van der Waals surface area contributed by atoms with Crippen LogP contribution in [0, 0.1) is 0 Å². The van der Waals surface area contributed by atoms with Crippen molar-refractivity contribution in [2.45, 2.75) is 12.5 Å². The van der Waals surface area contributed by atoms with Crippen LogP contribution in [-0.2, 0) is 0 Å². The Bertz CT molecular complexity index is 366. The Hall–Kier alpha value is 0.580. The number of ketones is 1. The molecular weight excluding hydrogens is 341 g/mol. The lowest BCUT2D eigenvalue weighted by Gasteiger charge is -1.99. The maximum absolute atomic E-state index is 11.4. The molecule has 2 nitrogen and oxygen atoms in total. The van der Waals surface area contributed by atoms with Gasteiger partial charge in [-0.05, 0) is 31.9 Å². The molecule has 0 bridgehead atoms. The highest BCUT2D eigenvalue weighted by atomic mass is 79.9. The summed E-state index contributed by atoms with van der Waals surface area (Å²) in [4.78, 5) is 11.4. The fraction of sp³-hybridized carbons (Fsp3) is 0.286. The molecule has 0 spiro atoms. The number of carbonyl (C=O) groups is 1. The van der Waals surface area contributed by atoms with E-state index in [4.69, 9.17) is 5.73 Å². The summed E-state index contributed by atoms with van der Waals surface area (Å²) < 4.78 is 1.87. The Kier molecular flexibility index (Phi) is 3.57. The van der Waals surface area contributed by atoms with E-state index in [-0.39, 0.29) is 24.2 Å². The maximum atomic E-state index is 11.4. The number of rotatable bonds is 0. The fourth-order valence-corrected chi connectivity index (χ4v) is 4.78. The number of Topliss-reactive ketones (excluding diaryl/α,β-unsaturated/α-hetero) is 1. The van der Waals surface area contributed by atoms with Gasteiger partial charge in [-0.25, -0.2) is 0 Å². The monoisotopic (exact) mass is 345 g/mol. The Labute approximate surface area is 103 Å². The predicted octanol–water partition coefficient (Wildman–Crippen LogP) is 3.28. The summed E-state index contributed by atoms with van der Waals surface area (Å²) in [5.41, 5.74) is 7.53. The first kappa shape index (κ1) is 11.7. The van der Waals surface area contributed by atoms with Gasteiger partial charge in [-0.15, -0.1) is 23.7 Å². The van der Waals surface area contributed by atoms with Gasteiger partial charge < -0.3 is 5.73 Å². The summed E-state index contributed by atoms with van der Waals surface area (Å²) in [6.07, 6.45) is 0.440. The van der Waals surface area contributed by atoms with Crippen molar-refractivity contribution in [2.75, 3.05) is 0 Å². The largest absolute Gasteiger partial charge is 0.323 e. The number of hydrogen-bond donors (Lipinski definition) is 1. The molecule has 2 rings (SSSR count). The van der Waals surface area contributed by atoms with Crippen molar-refractivity contribution in [2.24, 2.45) is 5.73 Å². The Balaban J connectivity index is 0.000000845. The predicted molar refractivity (Wildman–Crippen MR) is 62.8 cm³/mol. The summed E-state index contributed by atoms with van der Waals surface area (Å²) in [5.74, 6) is 0.145. The molecule has 1 aromatic heterocycles. The molecule has 6 heteroatoms. The summed E-state index contributed by atoms with van der Waals surface area (Å²) in [6, 6.07) is -0.121. The molecule has 2 N–H and O–H groups in total. The molecular formula is C7H6Br2ClNOS. The molecule has 0 saturated heterocycles. The quantitative estimate of drug-likeness (QED) is 0.783. The Morgan fingerprint density at radius 3 is 2.54 bits per heavy atom. The fourth-order valence-electron chi connectivity index (χ4n) is 1.38. The highest BCUT2D eigenvalue weighted by Gasteiger charge is 2.32. The van der Waals surface area contributed by atoms with Gasteiger partial charge in [-0.3, -0.25) is 4.79 Å². The van der Waals surface area contributed by atoms with Crippen LogP contribution in [0.4, 0.5) is 0 Å². The van der Waals surface area contributed by atoms with Crippen molar-refractivity contribution in [1.29, 1.82) is 0 Å². The lowest BCUT2D eigenvalue weighted by molar-refractivity contribution is 0.0989. The van der Waals surface area contributed by atoms with Crippen LogP contribution in [-0.4, -0.2) is 5.78 Å². The highest BCUT2D eigenvalue weighted by molar-refractivity contribution is 9.12. The number of halogens is 3. The van der Waals surface area contributed by atoms with Gasteiger partial charge in [-0.1, -0.05) is 0 Å². The van der Waals surface area contributed by atoms with Crippen molar-refractivity contribution < 1.29 is 4.79 Å². The molecule has 1 aromatic rings. The standard InChI is InChI=1S/C7H5Br2NOS.ClH/c8-6-4-2(10)1-3(11)5(4)7(9)12-6;/h2H,1,10H2;1H. The zero-order valence-electron chi connectivity index (χ0n) is 6.34. The van der Waals surface area contributed by atoms with Crippen LogP contribution in [0.2, 0.25) is 0 Å². The van der Waals surface area contributed by atoms with E-state index in [9.17, 15) is 4.79 Å². The molecule has 1 atom stereocenters. The van der Waals surface area contributed by atoms with Crippen molar-refractivity contribution >= 4 is 61.4 Å². The van der Waals surface area contributed by atoms with Gasteiger partial charge >= 0.3 is 0 Å². The number of fused-ring (bicyclic) bond motifs is 1. The second-order valence-electron chi connectivity index (χ2n) is 2.67. The summed E-state index contributed by atoms with van der Waals surface area (Å²) in [5, 5.41) is 0. The molecule has 0 aromatic carbocycles. The average Bonchev–Trinajstić information content (AvgIpc) is 2.38. The molecule has 0 amide bonds. The van der Waals surface area contributed by atoms with Gasteiger partial charge in [0.25, 0.3) is 0 Å². The van der Waals surface area contributed by atoms with Gasteiger partial charge in [0.05, 0.1) is 7.57 Å². The molecule has 1 aliphatic carbocycles. The third kappa shape index (κ3) is 1.72. The van der Waals surface area contributed by atoms with E-state index in [2.05, 4.69) is 31.9 Å². The molecule has 0 fully saturated rings. The first-order valence-electron chi connectivity index (χ1n) is 3.37. The van der Waals surface area contributed by atoms with E-state index < -0.39 is 0 Å². The molecule has 1 aliphatic rings. The molecule has 1 heterocycles. The third-order valence-electron chi connectivity index (χ3n) is 1.91. The summed E-state index contributed by atoms with van der Waals surface area (Å²) in [7, 11) is 0. The van der Waals surface area contributed by atoms with Crippen LogP contribution in [0.1, 0.15) is 28.4 Å². The molecule has 0 saturated carbocycles. The SMILES string of the molecule is Cl.NC1CC(=O)c2c(Br)sc(Br)c21. The lowest BCUT2D eigenvalue weighted by Crippen LogP contribution is -2.05. The summed E-state index contributed by atoms with van der Waals surface area (Å²) in [6.45, 7) is 0. The second kappa shape index (κ2) is 3.98. The van der Waals surface area contributed by atoms with E-state index in [0.29, 0.717) is 6.42 Å². The first-order valence-corrected chi connectivity index (χ1v) is 5.78. The normalized spacial score (nSPS) is 19.9. The van der Waals surface area contributed by atoms with Gasteiger partial charge in [0.1, 0.15) is 0 Å². The van der Waals surface area contributed by atoms with Crippen molar-refractivity contribution in [3.8, 4) is 0 Å². The minimum absolute atomic E-state index is 0. The van der Waals surface area contributed by atoms with Crippen LogP contribution in [0.3, 0.4) is 0 Å². The Morgan fingerprint density at radius 2 is 2.00 bits per heavy atom. The van der Waals surface area contributed by atoms with Gasteiger partial charge in [-0.2, -0.15) is 0 Å². The Morgan fingerprint density at radius 1 is 1.38 bits per heavy atom. The molecule has 13 heavy (non-hydrogen) atoms. The number of nitrogens with two attached hydrogens (primary N) is 1. The van der Waals surface area contributed by atoms with Crippen LogP contribution < -0.4 is 5.73 Å². The summed E-state index contributed by atoms with van der Waals surface area (Å²) >= 11 is 8.25. The first-order chi connectivity index (χ1) is 5.61. The molecule has 0 radical (unpaired) electrons. The van der Waals surface area contributed by atoms with Crippen LogP contribution in [0.5, 0.6) is 0 Å². The molecule has 0 aliphatic heterocycles. The zero-order valence-corrected chi connectivity index (χ0v) is 11.1. The minimum atomic E-state index is -0.121. The smallest absolute Gasteiger partial charge is 0.167 e. The van der Waals surface area contributed by atoms with Crippen LogP contribution in [0.25, 0.3) is 0 Å². The molecule has 1 unspecified atom stereocenters. The zero-order chi connectivity index (χ0) is 8.88. The van der Waals surface area contributed by atoms with E-state index in [0.717, 1.165) is 18.7 Å². The minimum Gasteiger partial charge on any atom is -0.323 e.